The maximum absolute atomic E-state index is 6.02. The molecule has 0 spiro atoms. The summed E-state index contributed by atoms with van der Waals surface area (Å²) in [7, 11) is 0. The van der Waals surface area contributed by atoms with E-state index in [0.29, 0.717) is 33.9 Å². The smallest absolute Gasteiger partial charge is 0.245 e. The first kappa shape index (κ1) is 15.5. The van der Waals surface area contributed by atoms with Crippen LogP contribution >= 0.6 is 11.6 Å². The summed E-state index contributed by atoms with van der Waals surface area (Å²) in [4.78, 5) is 8.83. The molecule has 0 aliphatic rings. The van der Waals surface area contributed by atoms with Crippen LogP contribution in [0.15, 0.2) is 28.9 Å². The highest BCUT2D eigenvalue weighted by Crippen LogP contribution is 2.25. The highest BCUT2D eigenvalue weighted by atomic mass is 35.5. The van der Waals surface area contributed by atoms with E-state index in [1.165, 1.54) is 0 Å². The zero-order chi connectivity index (χ0) is 16.2. The minimum absolute atomic E-state index is 0.351. The Balaban J connectivity index is 1.89. The first-order chi connectivity index (χ1) is 11.1. The van der Waals surface area contributed by atoms with Gasteiger partial charge in [0.1, 0.15) is 0 Å². The van der Waals surface area contributed by atoms with Gasteiger partial charge in [-0.15, -0.1) is 0 Å². The molecule has 3 rings (SSSR count). The second-order valence-corrected chi connectivity index (χ2v) is 6.01. The lowest BCUT2D eigenvalue weighted by Gasteiger charge is -2.12. The van der Waals surface area contributed by atoms with Gasteiger partial charge < -0.3 is 10.6 Å². The third-order valence-electron chi connectivity index (χ3n) is 3.22. The molecule has 23 heavy (non-hydrogen) atoms. The van der Waals surface area contributed by atoms with Gasteiger partial charge >= 0.3 is 0 Å². The minimum atomic E-state index is 0.351. The van der Waals surface area contributed by atoms with E-state index < -0.39 is 0 Å². The first-order valence-corrected chi connectivity index (χ1v) is 7.76. The van der Waals surface area contributed by atoms with Crippen LogP contribution in [0, 0.1) is 5.92 Å². The molecule has 2 heterocycles. The number of hydrogen-bond acceptors (Lipinski definition) is 7. The summed E-state index contributed by atoms with van der Waals surface area (Å²) in [5.74, 6) is 1.75. The van der Waals surface area contributed by atoms with E-state index in [2.05, 4.69) is 49.4 Å². The average molecular weight is 333 g/mol. The number of fused-ring (bicyclic) bond motifs is 1. The van der Waals surface area contributed by atoms with Crippen molar-refractivity contribution in [1.29, 1.82) is 0 Å². The normalized spacial score (nSPS) is 11.1. The molecule has 7 nitrogen and oxygen atoms in total. The van der Waals surface area contributed by atoms with Crippen molar-refractivity contribution >= 4 is 40.2 Å². The monoisotopic (exact) mass is 332 g/mol. The van der Waals surface area contributed by atoms with Crippen LogP contribution in [0.4, 0.5) is 17.3 Å². The Morgan fingerprint density at radius 2 is 1.87 bits per heavy atom. The molecule has 0 aliphatic heterocycles. The number of nitrogens with one attached hydrogen (secondary N) is 2. The van der Waals surface area contributed by atoms with Crippen molar-refractivity contribution < 1.29 is 4.63 Å². The van der Waals surface area contributed by atoms with Crippen molar-refractivity contribution in [3.05, 3.63) is 29.3 Å². The molecule has 0 saturated carbocycles. The number of anilines is 3. The van der Waals surface area contributed by atoms with E-state index in [4.69, 9.17) is 11.6 Å². The number of halogens is 1. The third kappa shape index (κ3) is 3.87. The van der Waals surface area contributed by atoms with E-state index >= 15 is 0 Å². The Kier molecular flexibility index (Phi) is 4.57. The number of aromatic nitrogens is 4. The van der Waals surface area contributed by atoms with Crippen molar-refractivity contribution in [3.63, 3.8) is 0 Å². The Labute approximate surface area is 138 Å². The van der Waals surface area contributed by atoms with E-state index in [9.17, 15) is 0 Å². The summed E-state index contributed by atoms with van der Waals surface area (Å²) >= 11 is 6.02. The predicted octanol–water partition coefficient (Wildman–Crippen LogP) is 3.87. The lowest BCUT2D eigenvalue weighted by atomic mass is 10.1. The van der Waals surface area contributed by atoms with E-state index in [-0.39, 0.29) is 0 Å². The molecule has 1 aromatic carbocycles. The summed E-state index contributed by atoms with van der Waals surface area (Å²) in [6, 6.07) is 7.38. The summed E-state index contributed by atoms with van der Waals surface area (Å²) in [6.07, 6.45) is 1.02. The number of hydrogen-bond donors (Lipinski definition) is 2. The summed E-state index contributed by atoms with van der Waals surface area (Å²) in [5.41, 5.74) is 1.53. The van der Waals surface area contributed by atoms with Crippen LogP contribution in [0.25, 0.3) is 11.3 Å². The predicted molar refractivity (Wildman–Crippen MR) is 90.1 cm³/mol. The van der Waals surface area contributed by atoms with Gasteiger partial charge in [-0.1, -0.05) is 31.5 Å². The van der Waals surface area contributed by atoms with Crippen molar-refractivity contribution in [1.82, 2.24) is 20.3 Å². The van der Waals surface area contributed by atoms with Crippen molar-refractivity contribution in [3.8, 4) is 0 Å². The van der Waals surface area contributed by atoms with Gasteiger partial charge in [-0.2, -0.15) is 0 Å². The molecule has 2 N–H and O–H groups in total. The topological polar surface area (TPSA) is 88.8 Å². The molecule has 3 aromatic rings. The quantitative estimate of drug-likeness (QED) is 0.708. The van der Waals surface area contributed by atoms with Crippen LogP contribution in [-0.2, 0) is 0 Å². The van der Waals surface area contributed by atoms with E-state index in [1.807, 2.05) is 24.3 Å². The maximum atomic E-state index is 6.02. The molecule has 0 saturated heterocycles. The maximum Gasteiger partial charge on any atom is 0.245 e. The van der Waals surface area contributed by atoms with Gasteiger partial charge in [-0.3, -0.25) is 0 Å². The second kappa shape index (κ2) is 6.78. The van der Waals surface area contributed by atoms with Crippen LogP contribution in [0.1, 0.15) is 20.3 Å². The molecule has 0 atom stereocenters. The lowest BCUT2D eigenvalue weighted by molar-refractivity contribution is 0.314. The molecular formula is C15H17ClN6O. The van der Waals surface area contributed by atoms with Crippen LogP contribution in [0.5, 0.6) is 0 Å². The molecule has 2 aromatic heterocycles. The summed E-state index contributed by atoms with van der Waals surface area (Å²) in [5, 5.41) is 14.6. The van der Waals surface area contributed by atoms with Gasteiger partial charge in [0.25, 0.3) is 0 Å². The largest absolute Gasteiger partial charge is 0.367 e. The van der Waals surface area contributed by atoms with E-state index in [1.54, 1.807) is 0 Å². The standard InChI is InChI=1S/C15H17ClN6O/c1-9(2)6-7-17-12-13(18-11-5-3-4-10(16)8-11)20-15-14(19-12)21-23-22-15/h3-5,8-9H,6-7H2,1-2H3,(H,17,19,21)(H,18,20,22). The Morgan fingerprint density at radius 1 is 1.13 bits per heavy atom. The SMILES string of the molecule is CC(C)CCNc1nc2nonc2nc1Nc1cccc(Cl)c1. The third-order valence-corrected chi connectivity index (χ3v) is 3.45. The number of benzene rings is 1. The van der Waals surface area contributed by atoms with Crippen molar-refractivity contribution in [2.75, 3.05) is 17.2 Å². The Hall–Kier alpha value is -2.41. The molecule has 0 radical (unpaired) electrons. The van der Waals surface area contributed by atoms with Crippen LogP contribution < -0.4 is 10.6 Å². The summed E-state index contributed by atoms with van der Waals surface area (Å²) in [6.45, 7) is 5.12. The Morgan fingerprint density at radius 3 is 2.57 bits per heavy atom. The van der Waals surface area contributed by atoms with Gasteiger partial charge in [0.05, 0.1) is 0 Å². The van der Waals surface area contributed by atoms with Crippen molar-refractivity contribution in [2.24, 2.45) is 5.92 Å². The fourth-order valence-electron chi connectivity index (χ4n) is 2.03. The molecule has 0 fully saturated rings. The molecule has 0 amide bonds. The van der Waals surface area contributed by atoms with Gasteiger partial charge in [-0.05, 0) is 40.9 Å². The summed E-state index contributed by atoms with van der Waals surface area (Å²) < 4.78 is 4.69. The Bertz CT molecular complexity index is 804. The highest BCUT2D eigenvalue weighted by Gasteiger charge is 2.13. The second-order valence-electron chi connectivity index (χ2n) is 5.58. The van der Waals surface area contributed by atoms with Crippen LogP contribution in [0.3, 0.4) is 0 Å². The molecule has 0 unspecified atom stereocenters. The number of rotatable bonds is 6. The van der Waals surface area contributed by atoms with Gasteiger partial charge in [0.2, 0.25) is 11.3 Å². The van der Waals surface area contributed by atoms with Crippen LogP contribution in [0.2, 0.25) is 5.02 Å². The lowest BCUT2D eigenvalue weighted by Crippen LogP contribution is -2.09. The highest BCUT2D eigenvalue weighted by molar-refractivity contribution is 6.30. The molecule has 8 heteroatoms. The van der Waals surface area contributed by atoms with Gasteiger partial charge in [-0.25, -0.2) is 14.6 Å². The average Bonchev–Trinajstić information content (AvgIpc) is 2.94. The minimum Gasteiger partial charge on any atom is -0.367 e. The van der Waals surface area contributed by atoms with Gasteiger partial charge in [0, 0.05) is 17.3 Å². The van der Waals surface area contributed by atoms with E-state index in [0.717, 1.165) is 18.7 Å². The first-order valence-electron chi connectivity index (χ1n) is 7.38. The fraction of sp³-hybridized carbons (Fsp3) is 0.333. The zero-order valence-corrected chi connectivity index (χ0v) is 13.6. The molecule has 0 bridgehead atoms. The van der Waals surface area contributed by atoms with Crippen molar-refractivity contribution in [2.45, 2.75) is 20.3 Å². The molecule has 0 aliphatic carbocycles. The molecular weight excluding hydrogens is 316 g/mol. The number of nitrogens with zero attached hydrogens (tertiary/aromatic N) is 4. The van der Waals surface area contributed by atoms with Gasteiger partial charge in [0.15, 0.2) is 11.6 Å². The fourth-order valence-corrected chi connectivity index (χ4v) is 2.22. The zero-order valence-electron chi connectivity index (χ0n) is 12.9. The van der Waals surface area contributed by atoms with Crippen LogP contribution in [-0.4, -0.2) is 26.8 Å². The molecule has 120 valence electrons.